The van der Waals surface area contributed by atoms with Crippen molar-refractivity contribution in [3.05, 3.63) is 12.7 Å². The average Bonchev–Trinajstić information content (AvgIpc) is 2.51. The number of carbonyl (C=O) groups is 3. The van der Waals surface area contributed by atoms with E-state index in [2.05, 4.69) is 6.58 Å². The number of quaternary nitrogens is 1. The van der Waals surface area contributed by atoms with Crippen molar-refractivity contribution in [1.82, 2.24) is 0 Å². The summed E-state index contributed by atoms with van der Waals surface area (Å²) in [5.41, 5.74) is 0. The Kier molecular flexibility index (Phi) is 11.5. The predicted molar refractivity (Wildman–Crippen MR) is 87.1 cm³/mol. The van der Waals surface area contributed by atoms with Gasteiger partial charge in [0.2, 0.25) is 0 Å². The molecule has 138 valence electrons. The molecule has 0 aromatic heterocycles. The summed E-state index contributed by atoms with van der Waals surface area (Å²) >= 11 is 0. The number of carboxylic acid groups (broad SMARTS) is 3. The summed E-state index contributed by atoms with van der Waals surface area (Å²) < 4.78 is 0.202. The van der Waals surface area contributed by atoms with Gasteiger partial charge in [-0.2, -0.15) is 0 Å². The van der Waals surface area contributed by atoms with Crippen LogP contribution in [0.1, 0.15) is 51.4 Å². The molecule has 0 atom stereocenters. The molecule has 0 amide bonds. The summed E-state index contributed by atoms with van der Waals surface area (Å²) in [5.74, 6) is -3.13. The minimum absolute atomic E-state index is 0.108. The minimum Gasteiger partial charge on any atom is -0.550 e. The molecule has 0 aliphatic rings. The molecular weight excluding hydrogens is 314 g/mol. The third-order valence-corrected chi connectivity index (χ3v) is 4.18. The maximum absolute atomic E-state index is 10.9. The van der Waals surface area contributed by atoms with Crippen LogP contribution in [0.15, 0.2) is 12.7 Å². The number of unbranched alkanes of at least 4 members (excludes halogenated alkanes) is 4. The van der Waals surface area contributed by atoms with Crippen molar-refractivity contribution in [3.63, 3.8) is 0 Å². The van der Waals surface area contributed by atoms with Crippen molar-refractivity contribution in [2.24, 2.45) is 0 Å². The molecule has 0 aliphatic heterocycles. The highest BCUT2D eigenvalue weighted by Crippen LogP contribution is 2.16. The number of hydrogen-bond acceptors (Lipinski definition) is 4. The molecule has 2 N–H and O–H groups in total. The SMILES string of the molecule is C=CCCCCCC[N+](CCC(=O)[O-])(CCC(=O)O)CCC(=O)O. The van der Waals surface area contributed by atoms with Gasteiger partial charge in [0.25, 0.3) is 0 Å². The summed E-state index contributed by atoms with van der Waals surface area (Å²) in [4.78, 5) is 32.6. The maximum atomic E-state index is 10.9. The van der Waals surface area contributed by atoms with Crippen LogP contribution >= 0.6 is 0 Å². The van der Waals surface area contributed by atoms with Crippen LogP contribution in [-0.2, 0) is 14.4 Å². The average molecular weight is 343 g/mol. The first-order valence-electron chi connectivity index (χ1n) is 8.41. The highest BCUT2D eigenvalue weighted by atomic mass is 16.4. The van der Waals surface area contributed by atoms with E-state index in [1.54, 1.807) is 0 Å². The van der Waals surface area contributed by atoms with Gasteiger partial charge >= 0.3 is 11.9 Å². The van der Waals surface area contributed by atoms with Crippen molar-refractivity contribution in [2.45, 2.75) is 51.4 Å². The molecule has 0 saturated carbocycles. The quantitative estimate of drug-likeness (QED) is 0.246. The van der Waals surface area contributed by atoms with Crippen molar-refractivity contribution in [1.29, 1.82) is 0 Å². The number of rotatable bonds is 16. The molecule has 0 heterocycles. The molecule has 0 fully saturated rings. The standard InChI is InChI=1S/C17H29NO6/c1-2-3-4-5-6-7-11-18(12-8-15(19)20,13-9-16(21)22)14-10-17(23)24/h2H,1,3-14H2,(H2-,19,20,21,22,23,24). The van der Waals surface area contributed by atoms with E-state index in [1.165, 1.54) is 0 Å². The van der Waals surface area contributed by atoms with Gasteiger partial charge in [-0.05, 0) is 25.7 Å². The van der Waals surface area contributed by atoms with Gasteiger partial charge in [0, 0.05) is 12.4 Å². The van der Waals surface area contributed by atoms with Gasteiger partial charge in [0.05, 0.1) is 39.0 Å². The normalized spacial score (nSPS) is 11.2. The van der Waals surface area contributed by atoms with E-state index in [0.717, 1.165) is 32.1 Å². The van der Waals surface area contributed by atoms with Crippen LogP contribution in [0.25, 0.3) is 0 Å². The van der Waals surface area contributed by atoms with Gasteiger partial charge < -0.3 is 24.6 Å². The van der Waals surface area contributed by atoms with Crippen molar-refractivity contribution in [2.75, 3.05) is 26.2 Å². The zero-order valence-electron chi connectivity index (χ0n) is 14.2. The molecule has 0 aromatic carbocycles. The number of hydrogen-bond donors (Lipinski definition) is 2. The molecule has 0 rings (SSSR count). The smallest absolute Gasteiger partial charge is 0.309 e. The highest BCUT2D eigenvalue weighted by Gasteiger charge is 2.28. The highest BCUT2D eigenvalue weighted by molar-refractivity contribution is 5.67. The monoisotopic (exact) mass is 343 g/mol. The summed E-state index contributed by atoms with van der Waals surface area (Å²) in [7, 11) is 0. The van der Waals surface area contributed by atoms with Crippen LogP contribution in [0.3, 0.4) is 0 Å². The van der Waals surface area contributed by atoms with Crippen LogP contribution in [0, 0.1) is 0 Å². The van der Waals surface area contributed by atoms with Gasteiger partial charge in [0.1, 0.15) is 0 Å². The van der Waals surface area contributed by atoms with Crippen LogP contribution < -0.4 is 5.11 Å². The molecule has 7 nitrogen and oxygen atoms in total. The number of carboxylic acids is 3. The van der Waals surface area contributed by atoms with E-state index in [-0.39, 0.29) is 43.4 Å². The first-order chi connectivity index (χ1) is 11.3. The fraction of sp³-hybridized carbons (Fsp3) is 0.706. The van der Waals surface area contributed by atoms with Crippen LogP contribution in [0.5, 0.6) is 0 Å². The molecule has 7 heteroatoms. The number of aliphatic carboxylic acids is 3. The van der Waals surface area contributed by atoms with Crippen LogP contribution in [-0.4, -0.2) is 58.8 Å². The Bertz CT molecular complexity index is 376. The van der Waals surface area contributed by atoms with Crippen molar-refractivity contribution >= 4 is 17.9 Å². The number of allylic oxidation sites excluding steroid dienone is 1. The lowest BCUT2D eigenvalue weighted by Crippen LogP contribution is -2.53. The first kappa shape index (κ1) is 22.1. The molecule has 0 aromatic rings. The minimum atomic E-state index is -1.20. The number of carbonyl (C=O) groups excluding carboxylic acids is 1. The van der Waals surface area contributed by atoms with E-state index >= 15 is 0 Å². The Hall–Kier alpha value is -1.89. The van der Waals surface area contributed by atoms with Crippen LogP contribution in [0.2, 0.25) is 0 Å². The summed E-state index contributed by atoms with van der Waals surface area (Å²) in [5, 5.41) is 28.7. The van der Waals surface area contributed by atoms with Gasteiger partial charge in [-0.15, -0.1) is 6.58 Å². The van der Waals surface area contributed by atoms with E-state index in [9.17, 15) is 19.5 Å². The van der Waals surface area contributed by atoms with Gasteiger partial charge in [-0.25, -0.2) is 0 Å². The molecule has 0 saturated heterocycles. The van der Waals surface area contributed by atoms with Gasteiger partial charge in [0.15, 0.2) is 0 Å². The summed E-state index contributed by atoms with van der Waals surface area (Å²) in [6.45, 7) is 4.93. The van der Waals surface area contributed by atoms with Crippen LogP contribution in [0.4, 0.5) is 0 Å². The van der Waals surface area contributed by atoms with Crippen molar-refractivity contribution < 1.29 is 34.2 Å². The number of nitrogens with zero attached hydrogens (tertiary/aromatic N) is 1. The van der Waals surface area contributed by atoms with Gasteiger partial charge in [-0.1, -0.05) is 12.5 Å². The first-order valence-corrected chi connectivity index (χ1v) is 8.41. The second-order valence-corrected chi connectivity index (χ2v) is 6.14. The second kappa shape index (κ2) is 12.5. The molecule has 0 spiro atoms. The molecule has 24 heavy (non-hydrogen) atoms. The molecule has 0 radical (unpaired) electrons. The third-order valence-electron chi connectivity index (χ3n) is 4.18. The second-order valence-electron chi connectivity index (χ2n) is 6.14. The zero-order chi connectivity index (χ0) is 18.4. The van der Waals surface area contributed by atoms with Crippen molar-refractivity contribution in [3.8, 4) is 0 Å². The van der Waals surface area contributed by atoms with E-state index < -0.39 is 17.9 Å². The summed E-state index contributed by atoms with van der Waals surface area (Å²) in [6.07, 6.45) is 6.20. The molecule has 0 unspecified atom stereocenters. The van der Waals surface area contributed by atoms with E-state index in [0.29, 0.717) is 6.54 Å². The Morgan fingerprint density at radius 2 is 1.33 bits per heavy atom. The lowest BCUT2D eigenvalue weighted by molar-refractivity contribution is -0.927. The lowest BCUT2D eigenvalue weighted by atomic mass is 10.1. The molecule has 0 bridgehead atoms. The zero-order valence-corrected chi connectivity index (χ0v) is 14.2. The topological polar surface area (TPSA) is 115 Å². The lowest BCUT2D eigenvalue weighted by Gasteiger charge is -2.38. The maximum Gasteiger partial charge on any atom is 0.309 e. The van der Waals surface area contributed by atoms with E-state index in [1.807, 2.05) is 6.08 Å². The Morgan fingerprint density at radius 3 is 1.79 bits per heavy atom. The Morgan fingerprint density at radius 1 is 0.833 bits per heavy atom. The van der Waals surface area contributed by atoms with E-state index in [4.69, 9.17) is 10.2 Å². The molecular formula is C17H29NO6. The summed E-state index contributed by atoms with van der Waals surface area (Å²) in [6, 6.07) is 0. The Balaban J connectivity index is 4.78. The molecule has 0 aliphatic carbocycles. The largest absolute Gasteiger partial charge is 0.550 e. The Labute approximate surface area is 143 Å². The third kappa shape index (κ3) is 11.6. The fourth-order valence-electron chi connectivity index (χ4n) is 2.75. The fourth-order valence-corrected chi connectivity index (χ4v) is 2.75. The van der Waals surface area contributed by atoms with Gasteiger partial charge in [-0.3, -0.25) is 9.59 Å². The predicted octanol–water partition coefficient (Wildman–Crippen LogP) is 1.03.